The number of anilines is 2. The maximum Gasteiger partial charge on any atom is 0.243 e. The molecule has 0 bridgehead atoms. The van der Waals surface area contributed by atoms with Crippen molar-refractivity contribution in [2.24, 2.45) is 5.14 Å². The minimum atomic E-state index is -3.78. The highest BCUT2D eigenvalue weighted by molar-refractivity contribution is 7.89. The Labute approximate surface area is 123 Å². The van der Waals surface area contributed by atoms with Crippen molar-refractivity contribution in [2.75, 3.05) is 17.2 Å². The van der Waals surface area contributed by atoms with Crippen LogP contribution in [0.2, 0.25) is 0 Å². The van der Waals surface area contributed by atoms with Crippen LogP contribution in [-0.4, -0.2) is 20.9 Å². The Morgan fingerprint density at radius 3 is 2.33 bits per heavy atom. The summed E-state index contributed by atoms with van der Waals surface area (Å²) in [6.45, 7) is 0.0730. The van der Waals surface area contributed by atoms with Crippen molar-refractivity contribution in [1.82, 2.24) is 0 Å². The van der Waals surface area contributed by atoms with Crippen LogP contribution >= 0.6 is 0 Å². The van der Waals surface area contributed by atoms with E-state index < -0.39 is 10.0 Å². The van der Waals surface area contributed by atoms with Crippen LogP contribution in [0.3, 0.4) is 0 Å². The quantitative estimate of drug-likeness (QED) is 0.776. The fraction of sp³-hybridized carbons (Fsp3) is 0.0714. The minimum absolute atomic E-state index is 0.0451. The van der Waals surface area contributed by atoms with Crippen molar-refractivity contribution in [2.45, 2.75) is 4.90 Å². The maximum atomic E-state index is 11.8. The Balaban J connectivity index is 1.97. The molecule has 0 unspecified atom stereocenters. The molecule has 110 valence electrons. The van der Waals surface area contributed by atoms with Crippen molar-refractivity contribution in [1.29, 1.82) is 0 Å². The van der Waals surface area contributed by atoms with Gasteiger partial charge >= 0.3 is 0 Å². The monoisotopic (exact) mass is 305 g/mol. The first-order chi connectivity index (χ1) is 9.95. The lowest BCUT2D eigenvalue weighted by molar-refractivity contribution is -0.114. The second-order valence-electron chi connectivity index (χ2n) is 4.34. The molecule has 21 heavy (non-hydrogen) atoms. The van der Waals surface area contributed by atoms with Crippen LogP contribution in [0.1, 0.15) is 0 Å². The molecular weight excluding hydrogens is 290 g/mol. The number of rotatable bonds is 5. The predicted molar refractivity (Wildman–Crippen MR) is 81.4 cm³/mol. The highest BCUT2D eigenvalue weighted by atomic mass is 32.2. The highest BCUT2D eigenvalue weighted by Gasteiger charge is 2.09. The lowest BCUT2D eigenvalue weighted by atomic mass is 10.3. The molecule has 2 aromatic rings. The second kappa shape index (κ2) is 6.38. The average molecular weight is 305 g/mol. The van der Waals surface area contributed by atoms with Crippen molar-refractivity contribution in [3.8, 4) is 0 Å². The minimum Gasteiger partial charge on any atom is -0.376 e. The standard InChI is InChI=1S/C14H15N3O3S/c15-21(19,20)13-8-4-7-12(9-13)17-14(18)10-16-11-5-2-1-3-6-11/h1-9,16H,10H2,(H,17,18)(H2,15,19,20). The van der Waals surface area contributed by atoms with E-state index in [4.69, 9.17) is 5.14 Å². The first-order valence-corrected chi connectivity index (χ1v) is 7.71. The van der Waals surface area contributed by atoms with Gasteiger partial charge in [-0.15, -0.1) is 0 Å². The van der Waals surface area contributed by atoms with Gasteiger partial charge in [0.05, 0.1) is 11.4 Å². The molecule has 6 nitrogen and oxygen atoms in total. The Bertz CT molecular complexity index is 730. The zero-order valence-corrected chi connectivity index (χ0v) is 11.9. The second-order valence-corrected chi connectivity index (χ2v) is 5.90. The summed E-state index contributed by atoms with van der Waals surface area (Å²) in [6.07, 6.45) is 0. The van der Waals surface area contributed by atoms with Gasteiger partial charge in [-0.3, -0.25) is 4.79 Å². The average Bonchev–Trinajstić information content (AvgIpc) is 2.46. The van der Waals surface area contributed by atoms with E-state index in [2.05, 4.69) is 10.6 Å². The molecule has 2 rings (SSSR count). The number of hydrogen-bond acceptors (Lipinski definition) is 4. The molecule has 0 aliphatic heterocycles. The van der Waals surface area contributed by atoms with E-state index in [-0.39, 0.29) is 17.3 Å². The summed E-state index contributed by atoms with van der Waals surface area (Å²) < 4.78 is 22.5. The van der Waals surface area contributed by atoms with E-state index >= 15 is 0 Å². The zero-order valence-electron chi connectivity index (χ0n) is 11.1. The fourth-order valence-electron chi connectivity index (χ4n) is 1.69. The van der Waals surface area contributed by atoms with Crippen LogP contribution in [0.4, 0.5) is 11.4 Å². The molecule has 0 atom stereocenters. The van der Waals surface area contributed by atoms with Gasteiger partial charge in [0.1, 0.15) is 0 Å². The molecule has 0 radical (unpaired) electrons. The number of para-hydroxylation sites is 1. The van der Waals surface area contributed by atoms with Crippen LogP contribution < -0.4 is 15.8 Å². The summed E-state index contributed by atoms with van der Waals surface area (Å²) >= 11 is 0. The molecule has 0 saturated heterocycles. The Kier molecular flexibility index (Phi) is 4.56. The number of amides is 1. The predicted octanol–water partition coefficient (Wildman–Crippen LogP) is 1.38. The number of carbonyl (C=O) groups excluding carboxylic acids is 1. The topological polar surface area (TPSA) is 101 Å². The number of primary sulfonamides is 1. The van der Waals surface area contributed by atoms with Crippen LogP contribution in [0.15, 0.2) is 59.5 Å². The largest absolute Gasteiger partial charge is 0.376 e. The SMILES string of the molecule is NS(=O)(=O)c1cccc(NC(=O)CNc2ccccc2)c1. The maximum absolute atomic E-state index is 11.8. The smallest absolute Gasteiger partial charge is 0.243 e. The summed E-state index contributed by atoms with van der Waals surface area (Å²) in [5, 5.41) is 10.6. The number of carbonyl (C=O) groups is 1. The van der Waals surface area contributed by atoms with Crippen LogP contribution in [-0.2, 0) is 14.8 Å². The van der Waals surface area contributed by atoms with Gasteiger partial charge in [0, 0.05) is 11.4 Å². The molecule has 0 aromatic heterocycles. The molecule has 0 aliphatic carbocycles. The molecule has 7 heteroatoms. The Morgan fingerprint density at radius 2 is 1.67 bits per heavy atom. The molecule has 0 spiro atoms. The van der Waals surface area contributed by atoms with Crippen molar-refractivity contribution < 1.29 is 13.2 Å². The summed E-state index contributed by atoms with van der Waals surface area (Å²) in [6, 6.07) is 15.1. The van der Waals surface area contributed by atoms with Gasteiger partial charge in [-0.05, 0) is 30.3 Å². The van der Waals surface area contributed by atoms with Gasteiger partial charge in [0.15, 0.2) is 0 Å². The Hall–Kier alpha value is -2.38. The fourth-order valence-corrected chi connectivity index (χ4v) is 2.25. The van der Waals surface area contributed by atoms with Gasteiger partial charge < -0.3 is 10.6 Å². The third kappa shape index (κ3) is 4.59. The van der Waals surface area contributed by atoms with E-state index in [0.29, 0.717) is 5.69 Å². The number of benzene rings is 2. The summed E-state index contributed by atoms with van der Waals surface area (Å²) in [5.74, 6) is -0.287. The first kappa shape index (κ1) is 15.0. The van der Waals surface area contributed by atoms with Crippen LogP contribution in [0.5, 0.6) is 0 Å². The van der Waals surface area contributed by atoms with Gasteiger partial charge in [-0.25, -0.2) is 13.6 Å². The summed E-state index contributed by atoms with van der Waals surface area (Å²) in [5.41, 5.74) is 1.20. The van der Waals surface area contributed by atoms with Gasteiger partial charge in [-0.2, -0.15) is 0 Å². The van der Waals surface area contributed by atoms with E-state index in [1.807, 2.05) is 30.3 Å². The van der Waals surface area contributed by atoms with Gasteiger partial charge in [0.2, 0.25) is 15.9 Å². The van der Waals surface area contributed by atoms with Gasteiger partial charge in [-0.1, -0.05) is 24.3 Å². The molecular formula is C14H15N3O3S. The van der Waals surface area contributed by atoms with E-state index in [9.17, 15) is 13.2 Å². The van der Waals surface area contributed by atoms with E-state index in [0.717, 1.165) is 5.69 Å². The van der Waals surface area contributed by atoms with Crippen molar-refractivity contribution in [3.05, 3.63) is 54.6 Å². The third-order valence-corrected chi connectivity index (χ3v) is 3.58. The molecule has 0 saturated carbocycles. The van der Waals surface area contributed by atoms with Crippen LogP contribution in [0, 0.1) is 0 Å². The van der Waals surface area contributed by atoms with E-state index in [1.54, 1.807) is 6.07 Å². The highest BCUT2D eigenvalue weighted by Crippen LogP contribution is 2.14. The first-order valence-electron chi connectivity index (χ1n) is 6.17. The number of hydrogen-bond donors (Lipinski definition) is 3. The Morgan fingerprint density at radius 1 is 1.00 bits per heavy atom. The van der Waals surface area contributed by atoms with Crippen LogP contribution in [0.25, 0.3) is 0 Å². The normalized spacial score (nSPS) is 10.9. The molecule has 4 N–H and O–H groups in total. The molecule has 1 amide bonds. The van der Waals surface area contributed by atoms with Crippen molar-refractivity contribution in [3.63, 3.8) is 0 Å². The molecule has 2 aromatic carbocycles. The lowest BCUT2D eigenvalue weighted by Gasteiger charge is -2.08. The molecule has 0 aliphatic rings. The third-order valence-electron chi connectivity index (χ3n) is 2.67. The molecule has 0 fully saturated rings. The lowest BCUT2D eigenvalue weighted by Crippen LogP contribution is -2.22. The zero-order chi connectivity index (χ0) is 15.3. The van der Waals surface area contributed by atoms with E-state index in [1.165, 1.54) is 18.2 Å². The molecule has 0 heterocycles. The van der Waals surface area contributed by atoms with Gasteiger partial charge in [0.25, 0.3) is 0 Å². The number of nitrogens with one attached hydrogen (secondary N) is 2. The number of sulfonamides is 1. The summed E-state index contributed by atoms with van der Waals surface area (Å²) in [4.78, 5) is 11.7. The number of nitrogens with two attached hydrogens (primary N) is 1. The summed E-state index contributed by atoms with van der Waals surface area (Å²) in [7, 11) is -3.78. The van der Waals surface area contributed by atoms with Crippen molar-refractivity contribution >= 4 is 27.3 Å².